The van der Waals surface area contributed by atoms with E-state index < -0.39 is 0 Å². The molecule has 2 saturated heterocycles. The SMILES string of the molecule is COc1ccc2ncc(SC(CN3CCOCC3)CN3CCCCC3C(N)=O)nc2c1. The maximum absolute atomic E-state index is 12.0. The predicted molar refractivity (Wildman–Crippen MR) is 121 cm³/mol. The number of methoxy groups -OCH3 is 1. The molecule has 2 unspecified atom stereocenters. The molecule has 3 heterocycles. The van der Waals surface area contributed by atoms with Crippen LogP contribution in [0.3, 0.4) is 0 Å². The number of amides is 1. The highest BCUT2D eigenvalue weighted by molar-refractivity contribution is 7.99. The van der Waals surface area contributed by atoms with Crippen molar-refractivity contribution in [1.82, 2.24) is 19.8 Å². The lowest BCUT2D eigenvalue weighted by Crippen LogP contribution is -2.51. The summed E-state index contributed by atoms with van der Waals surface area (Å²) >= 11 is 1.73. The highest BCUT2D eigenvalue weighted by Crippen LogP contribution is 2.28. The summed E-state index contributed by atoms with van der Waals surface area (Å²) in [7, 11) is 1.65. The molecule has 2 N–H and O–H groups in total. The first-order valence-electron chi connectivity index (χ1n) is 10.9. The van der Waals surface area contributed by atoms with Crippen LogP contribution in [0.1, 0.15) is 19.3 Å². The van der Waals surface area contributed by atoms with Crippen molar-refractivity contribution in [2.45, 2.75) is 35.6 Å². The van der Waals surface area contributed by atoms with Crippen LogP contribution in [0, 0.1) is 0 Å². The van der Waals surface area contributed by atoms with Crippen molar-refractivity contribution in [3.05, 3.63) is 24.4 Å². The summed E-state index contributed by atoms with van der Waals surface area (Å²) in [5.41, 5.74) is 7.38. The number of nitrogens with two attached hydrogens (primary N) is 1. The maximum Gasteiger partial charge on any atom is 0.234 e. The molecule has 0 bridgehead atoms. The van der Waals surface area contributed by atoms with E-state index in [9.17, 15) is 4.79 Å². The third kappa shape index (κ3) is 5.85. The van der Waals surface area contributed by atoms with E-state index in [1.807, 2.05) is 24.4 Å². The van der Waals surface area contributed by atoms with Gasteiger partial charge in [0.1, 0.15) is 10.8 Å². The Balaban J connectivity index is 1.53. The van der Waals surface area contributed by atoms with Gasteiger partial charge in [0.2, 0.25) is 5.91 Å². The number of fused-ring (bicyclic) bond motifs is 1. The Morgan fingerprint density at radius 1 is 1.26 bits per heavy atom. The molecule has 1 amide bonds. The number of rotatable bonds is 8. The molecule has 2 aromatic rings. The number of likely N-dealkylation sites (tertiary alicyclic amines) is 1. The summed E-state index contributed by atoms with van der Waals surface area (Å²) in [5, 5.41) is 1.13. The van der Waals surface area contributed by atoms with Gasteiger partial charge >= 0.3 is 0 Å². The Kier molecular flexibility index (Phi) is 7.60. The minimum atomic E-state index is -0.215. The number of carbonyl (C=O) groups excluding carboxylic acids is 1. The molecule has 1 aromatic carbocycles. The zero-order valence-electron chi connectivity index (χ0n) is 18.0. The minimum absolute atomic E-state index is 0.173. The second-order valence-electron chi connectivity index (χ2n) is 8.12. The van der Waals surface area contributed by atoms with E-state index in [1.54, 1.807) is 18.9 Å². The molecule has 0 aliphatic carbocycles. The lowest BCUT2D eigenvalue weighted by atomic mass is 10.0. The molecule has 168 valence electrons. The summed E-state index contributed by atoms with van der Waals surface area (Å²) in [6, 6.07) is 5.56. The first-order chi connectivity index (χ1) is 15.1. The van der Waals surface area contributed by atoms with Crippen molar-refractivity contribution >= 4 is 28.7 Å². The monoisotopic (exact) mass is 445 g/mol. The Bertz CT molecular complexity index is 893. The fraction of sp³-hybridized carbons (Fsp3) is 0.591. The Morgan fingerprint density at radius 2 is 2.10 bits per heavy atom. The average Bonchev–Trinajstić information content (AvgIpc) is 2.79. The van der Waals surface area contributed by atoms with E-state index in [2.05, 4.69) is 14.8 Å². The summed E-state index contributed by atoms with van der Waals surface area (Å²) in [6.07, 6.45) is 4.85. The van der Waals surface area contributed by atoms with Crippen molar-refractivity contribution in [2.24, 2.45) is 5.73 Å². The van der Waals surface area contributed by atoms with Crippen LogP contribution < -0.4 is 10.5 Å². The van der Waals surface area contributed by atoms with Gasteiger partial charge in [0.25, 0.3) is 0 Å². The molecule has 2 atom stereocenters. The summed E-state index contributed by atoms with van der Waals surface area (Å²) < 4.78 is 10.8. The largest absolute Gasteiger partial charge is 0.497 e. The number of nitrogens with zero attached hydrogens (tertiary/aromatic N) is 4. The Morgan fingerprint density at radius 3 is 2.87 bits per heavy atom. The molecule has 2 aliphatic heterocycles. The first-order valence-corrected chi connectivity index (χ1v) is 11.8. The quantitative estimate of drug-likeness (QED) is 0.615. The van der Waals surface area contributed by atoms with Crippen LogP contribution in [0.2, 0.25) is 0 Å². The van der Waals surface area contributed by atoms with E-state index in [0.717, 1.165) is 87.0 Å². The highest BCUT2D eigenvalue weighted by atomic mass is 32.2. The van der Waals surface area contributed by atoms with Gasteiger partial charge in [0.05, 0.1) is 43.6 Å². The molecular formula is C22H31N5O3S. The van der Waals surface area contributed by atoms with Gasteiger partial charge in [-0.2, -0.15) is 0 Å². The number of benzene rings is 1. The summed E-state index contributed by atoms with van der Waals surface area (Å²) in [5.74, 6) is 0.554. The predicted octanol–water partition coefficient (Wildman–Crippen LogP) is 1.77. The van der Waals surface area contributed by atoms with E-state index >= 15 is 0 Å². The standard InChI is InChI=1S/C22H31N5O3S/c1-29-16-5-6-18-19(12-16)25-21(13-24-18)31-17(14-26-8-10-30-11-9-26)15-27-7-3-2-4-20(27)22(23)28/h5-6,12-13,17,20H,2-4,7-11,14-15H2,1H3,(H2,23,28). The van der Waals surface area contributed by atoms with Crippen LogP contribution in [-0.4, -0.2) is 90.0 Å². The third-order valence-corrected chi connectivity index (χ3v) is 7.03. The molecule has 2 aliphatic rings. The van der Waals surface area contributed by atoms with E-state index in [1.165, 1.54) is 0 Å². The van der Waals surface area contributed by atoms with E-state index in [0.29, 0.717) is 0 Å². The normalized spacial score (nSPS) is 21.8. The topological polar surface area (TPSA) is 93.8 Å². The van der Waals surface area contributed by atoms with Gasteiger partial charge < -0.3 is 15.2 Å². The number of morpholine rings is 1. The molecule has 9 heteroatoms. The fourth-order valence-corrected chi connectivity index (χ4v) is 5.48. The summed E-state index contributed by atoms with van der Waals surface area (Å²) in [6.45, 7) is 6.00. The number of hydrogen-bond donors (Lipinski definition) is 1. The Hall–Kier alpha value is -1.94. The van der Waals surface area contributed by atoms with Crippen molar-refractivity contribution in [3.63, 3.8) is 0 Å². The molecule has 1 aromatic heterocycles. The van der Waals surface area contributed by atoms with Crippen LogP contribution in [0.4, 0.5) is 0 Å². The minimum Gasteiger partial charge on any atom is -0.497 e. The number of aromatic nitrogens is 2. The number of hydrogen-bond acceptors (Lipinski definition) is 8. The number of thioether (sulfide) groups is 1. The van der Waals surface area contributed by atoms with Crippen molar-refractivity contribution in [3.8, 4) is 5.75 Å². The maximum atomic E-state index is 12.0. The van der Waals surface area contributed by atoms with Crippen LogP contribution in [0.25, 0.3) is 11.0 Å². The van der Waals surface area contributed by atoms with Gasteiger partial charge in [0, 0.05) is 37.5 Å². The lowest BCUT2D eigenvalue weighted by Gasteiger charge is -2.37. The van der Waals surface area contributed by atoms with Crippen LogP contribution in [0.15, 0.2) is 29.4 Å². The lowest BCUT2D eigenvalue weighted by molar-refractivity contribution is -0.124. The molecular weight excluding hydrogens is 414 g/mol. The van der Waals surface area contributed by atoms with Gasteiger partial charge in [-0.3, -0.25) is 19.6 Å². The van der Waals surface area contributed by atoms with Crippen LogP contribution >= 0.6 is 11.8 Å². The van der Waals surface area contributed by atoms with Crippen LogP contribution in [-0.2, 0) is 9.53 Å². The van der Waals surface area contributed by atoms with Gasteiger partial charge in [-0.05, 0) is 31.5 Å². The number of carbonyl (C=O) groups is 1. The number of piperidine rings is 1. The average molecular weight is 446 g/mol. The molecule has 4 rings (SSSR count). The van der Waals surface area contributed by atoms with Crippen molar-refractivity contribution in [1.29, 1.82) is 0 Å². The second-order valence-corrected chi connectivity index (χ2v) is 9.45. The smallest absolute Gasteiger partial charge is 0.234 e. The number of primary amides is 1. The van der Waals surface area contributed by atoms with E-state index in [-0.39, 0.29) is 17.2 Å². The van der Waals surface area contributed by atoms with Crippen LogP contribution in [0.5, 0.6) is 5.75 Å². The van der Waals surface area contributed by atoms with Crippen molar-refractivity contribution < 1.29 is 14.3 Å². The molecule has 2 fully saturated rings. The molecule has 0 saturated carbocycles. The number of ether oxygens (including phenoxy) is 2. The van der Waals surface area contributed by atoms with Gasteiger partial charge in [-0.15, -0.1) is 0 Å². The fourth-order valence-electron chi connectivity index (χ4n) is 4.33. The molecule has 0 radical (unpaired) electrons. The van der Waals surface area contributed by atoms with Gasteiger partial charge in [-0.1, -0.05) is 18.2 Å². The van der Waals surface area contributed by atoms with E-state index in [4.69, 9.17) is 20.2 Å². The zero-order valence-corrected chi connectivity index (χ0v) is 18.9. The summed E-state index contributed by atoms with van der Waals surface area (Å²) in [4.78, 5) is 26.1. The molecule has 0 spiro atoms. The molecule has 8 nitrogen and oxygen atoms in total. The van der Waals surface area contributed by atoms with Gasteiger partial charge in [0.15, 0.2) is 0 Å². The van der Waals surface area contributed by atoms with Gasteiger partial charge in [-0.25, -0.2) is 4.98 Å². The zero-order chi connectivity index (χ0) is 21.6. The Labute approximate surface area is 187 Å². The first kappa shape index (κ1) is 22.3. The molecule has 31 heavy (non-hydrogen) atoms. The second kappa shape index (κ2) is 10.6. The highest BCUT2D eigenvalue weighted by Gasteiger charge is 2.30. The van der Waals surface area contributed by atoms with Crippen molar-refractivity contribution in [2.75, 3.05) is 53.0 Å². The third-order valence-electron chi connectivity index (χ3n) is 5.96.